The van der Waals surface area contributed by atoms with Gasteiger partial charge in [-0.3, -0.25) is 0 Å². The van der Waals surface area contributed by atoms with Crippen molar-refractivity contribution in [3.8, 4) is 0 Å². The van der Waals surface area contributed by atoms with Crippen LogP contribution >= 0.6 is 0 Å². The van der Waals surface area contributed by atoms with Crippen molar-refractivity contribution in [1.82, 2.24) is 15.0 Å². The predicted octanol–water partition coefficient (Wildman–Crippen LogP) is 0.701. The van der Waals surface area contributed by atoms with Crippen LogP contribution in [0.2, 0.25) is 0 Å². The fourth-order valence-electron chi connectivity index (χ4n) is 1.68. The van der Waals surface area contributed by atoms with Crippen LogP contribution in [0.25, 0.3) is 11.2 Å². The summed E-state index contributed by atoms with van der Waals surface area (Å²) in [5, 5.41) is 0. The normalized spacial score (nSPS) is 13.9. The first kappa shape index (κ1) is 13.0. The van der Waals surface area contributed by atoms with E-state index in [9.17, 15) is 8.42 Å². The van der Waals surface area contributed by atoms with Crippen LogP contribution in [0.4, 0.5) is 0 Å². The molecule has 7 heteroatoms. The fourth-order valence-corrected chi connectivity index (χ4v) is 2.36. The van der Waals surface area contributed by atoms with Gasteiger partial charge in [-0.25, -0.2) is 18.4 Å². The fraction of sp³-hybridized carbons (Fsp3) is 0.455. The number of fused-ring (bicyclic) bond motifs is 1. The number of aromatic nitrogens is 3. The molecule has 1 unspecified atom stereocenters. The van der Waals surface area contributed by atoms with Gasteiger partial charge < -0.3 is 10.7 Å². The molecule has 6 nitrogen and oxygen atoms in total. The van der Waals surface area contributed by atoms with Gasteiger partial charge in [0.2, 0.25) is 0 Å². The summed E-state index contributed by atoms with van der Waals surface area (Å²) in [7, 11) is -3.00. The van der Waals surface area contributed by atoms with Gasteiger partial charge in [0.05, 0.1) is 17.3 Å². The molecule has 18 heavy (non-hydrogen) atoms. The van der Waals surface area contributed by atoms with Gasteiger partial charge >= 0.3 is 0 Å². The van der Waals surface area contributed by atoms with Gasteiger partial charge in [0.1, 0.15) is 15.7 Å². The first-order chi connectivity index (χ1) is 8.35. The number of aromatic amines is 1. The average molecular weight is 268 g/mol. The second-order valence-electron chi connectivity index (χ2n) is 4.53. The van der Waals surface area contributed by atoms with Crippen molar-refractivity contribution in [3.63, 3.8) is 0 Å². The highest BCUT2D eigenvalue weighted by atomic mass is 32.2. The standard InChI is InChI=1S/C11H16N4O2S/c1-7-5-9-11(13-6-7)15-10(14-9)8(12)3-4-18(2,16)17/h5-6,8H,3-4,12H2,1-2H3,(H,13,14,15). The van der Waals surface area contributed by atoms with Crippen molar-refractivity contribution in [1.29, 1.82) is 0 Å². The van der Waals surface area contributed by atoms with E-state index in [4.69, 9.17) is 5.73 Å². The molecular weight excluding hydrogens is 252 g/mol. The molecule has 2 rings (SSSR count). The number of sulfone groups is 1. The number of aryl methyl sites for hydroxylation is 1. The van der Waals surface area contributed by atoms with Crippen LogP contribution in [0.3, 0.4) is 0 Å². The summed E-state index contributed by atoms with van der Waals surface area (Å²) < 4.78 is 22.2. The molecular formula is C11H16N4O2S. The molecule has 0 spiro atoms. The molecule has 0 aliphatic heterocycles. The minimum atomic E-state index is -3.00. The number of hydrogen-bond acceptors (Lipinski definition) is 5. The SMILES string of the molecule is Cc1cnc2nc(C(N)CCS(C)(=O)=O)[nH]c2c1. The van der Waals surface area contributed by atoms with Crippen LogP contribution in [0.15, 0.2) is 12.3 Å². The molecule has 1 atom stereocenters. The summed E-state index contributed by atoms with van der Waals surface area (Å²) in [4.78, 5) is 11.5. The Bertz CT molecular complexity index is 663. The van der Waals surface area contributed by atoms with E-state index >= 15 is 0 Å². The van der Waals surface area contributed by atoms with Gasteiger partial charge in [0.25, 0.3) is 0 Å². The van der Waals surface area contributed by atoms with Crippen LogP contribution in [0.5, 0.6) is 0 Å². The Morgan fingerprint density at radius 2 is 2.22 bits per heavy atom. The van der Waals surface area contributed by atoms with Gasteiger partial charge in [-0.1, -0.05) is 0 Å². The van der Waals surface area contributed by atoms with Crippen molar-refractivity contribution in [3.05, 3.63) is 23.7 Å². The minimum Gasteiger partial charge on any atom is -0.339 e. The minimum absolute atomic E-state index is 0.0532. The Morgan fingerprint density at radius 1 is 1.50 bits per heavy atom. The topological polar surface area (TPSA) is 102 Å². The first-order valence-corrected chi connectivity index (χ1v) is 7.67. The van der Waals surface area contributed by atoms with E-state index in [1.54, 1.807) is 6.20 Å². The van der Waals surface area contributed by atoms with E-state index in [1.807, 2.05) is 13.0 Å². The number of nitrogens with two attached hydrogens (primary N) is 1. The molecule has 0 fully saturated rings. The number of nitrogens with zero attached hydrogens (tertiary/aromatic N) is 2. The Kier molecular flexibility index (Phi) is 3.36. The number of hydrogen-bond donors (Lipinski definition) is 2. The van der Waals surface area contributed by atoms with Gasteiger partial charge in [-0.2, -0.15) is 0 Å². The van der Waals surface area contributed by atoms with E-state index in [2.05, 4.69) is 15.0 Å². The van der Waals surface area contributed by atoms with E-state index < -0.39 is 15.9 Å². The summed E-state index contributed by atoms with van der Waals surface area (Å²) >= 11 is 0. The number of nitrogens with one attached hydrogen (secondary N) is 1. The molecule has 2 heterocycles. The Labute approximate surface area is 106 Å². The van der Waals surface area contributed by atoms with Gasteiger partial charge in [-0.05, 0) is 25.0 Å². The molecule has 3 N–H and O–H groups in total. The lowest BCUT2D eigenvalue weighted by molar-refractivity contribution is 0.588. The third kappa shape index (κ3) is 3.05. The van der Waals surface area contributed by atoms with E-state index in [-0.39, 0.29) is 5.75 Å². The van der Waals surface area contributed by atoms with E-state index in [1.165, 1.54) is 6.26 Å². The van der Waals surface area contributed by atoms with Crippen LogP contribution in [0.1, 0.15) is 23.9 Å². The second-order valence-corrected chi connectivity index (χ2v) is 6.79. The van der Waals surface area contributed by atoms with Gasteiger partial charge in [-0.15, -0.1) is 0 Å². The number of imidazole rings is 1. The van der Waals surface area contributed by atoms with Crippen LogP contribution < -0.4 is 5.73 Å². The average Bonchev–Trinajstić information content (AvgIpc) is 2.67. The van der Waals surface area contributed by atoms with Crippen LogP contribution in [-0.2, 0) is 9.84 Å². The van der Waals surface area contributed by atoms with Crippen molar-refractivity contribution < 1.29 is 8.42 Å². The first-order valence-electron chi connectivity index (χ1n) is 5.61. The summed E-state index contributed by atoms with van der Waals surface area (Å²) in [5.74, 6) is 0.629. The largest absolute Gasteiger partial charge is 0.339 e. The quantitative estimate of drug-likeness (QED) is 0.850. The maximum absolute atomic E-state index is 11.1. The summed E-state index contributed by atoms with van der Waals surface area (Å²) in [5.41, 5.74) is 8.37. The van der Waals surface area contributed by atoms with E-state index in [0.29, 0.717) is 17.9 Å². The Hall–Kier alpha value is -1.47. The second kappa shape index (κ2) is 4.66. The molecule has 0 saturated heterocycles. The van der Waals surface area contributed by atoms with Crippen molar-refractivity contribution in [2.24, 2.45) is 5.73 Å². The lowest BCUT2D eigenvalue weighted by atomic mass is 10.2. The lowest BCUT2D eigenvalue weighted by Gasteiger charge is -2.06. The van der Waals surface area contributed by atoms with Crippen molar-refractivity contribution >= 4 is 21.0 Å². The maximum Gasteiger partial charge on any atom is 0.177 e. The number of H-pyrrole nitrogens is 1. The lowest BCUT2D eigenvalue weighted by Crippen LogP contribution is -2.16. The molecule has 0 aliphatic carbocycles. The zero-order chi connectivity index (χ0) is 13.3. The molecule has 0 amide bonds. The molecule has 2 aromatic rings. The highest BCUT2D eigenvalue weighted by Crippen LogP contribution is 2.16. The molecule has 0 saturated carbocycles. The molecule has 0 radical (unpaired) electrons. The van der Waals surface area contributed by atoms with Crippen LogP contribution in [-0.4, -0.2) is 35.4 Å². The summed E-state index contributed by atoms with van der Waals surface area (Å²) in [6.07, 6.45) is 3.27. The zero-order valence-corrected chi connectivity index (χ0v) is 11.2. The van der Waals surface area contributed by atoms with Crippen molar-refractivity contribution in [2.75, 3.05) is 12.0 Å². The Balaban J connectivity index is 2.20. The summed E-state index contributed by atoms with van der Waals surface area (Å²) in [6, 6.07) is 1.51. The Morgan fingerprint density at radius 3 is 2.89 bits per heavy atom. The zero-order valence-electron chi connectivity index (χ0n) is 10.3. The smallest absolute Gasteiger partial charge is 0.177 e. The third-order valence-electron chi connectivity index (χ3n) is 2.64. The molecule has 0 aliphatic rings. The maximum atomic E-state index is 11.1. The summed E-state index contributed by atoms with van der Waals surface area (Å²) in [6.45, 7) is 1.94. The monoisotopic (exact) mass is 268 g/mol. The van der Waals surface area contributed by atoms with Gasteiger partial charge in [0.15, 0.2) is 5.65 Å². The van der Waals surface area contributed by atoms with Gasteiger partial charge in [0, 0.05) is 12.5 Å². The molecule has 0 bridgehead atoms. The molecule has 0 aromatic carbocycles. The highest BCUT2D eigenvalue weighted by Gasteiger charge is 2.14. The van der Waals surface area contributed by atoms with Crippen molar-refractivity contribution in [2.45, 2.75) is 19.4 Å². The molecule has 98 valence electrons. The highest BCUT2D eigenvalue weighted by molar-refractivity contribution is 7.90. The number of rotatable bonds is 4. The van der Waals surface area contributed by atoms with E-state index in [0.717, 1.165) is 11.1 Å². The van der Waals surface area contributed by atoms with Crippen LogP contribution in [0, 0.1) is 6.92 Å². The third-order valence-corrected chi connectivity index (χ3v) is 3.62. The molecule has 2 aromatic heterocycles. The number of pyridine rings is 1. The predicted molar refractivity (Wildman–Crippen MR) is 69.9 cm³/mol.